The van der Waals surface area contributed by atoms with E-state index in [1.54, 1.807) is 0 Å². The Bertz CT molecular complexity index is 1060. The standard InChI is InChI=1S/C30H29NO/c1-2-3-24-32-30-22-18-26(19-23-30)15-14-25-16-20-29(21-17-25)31(27-10-6-4-7-11-27)28-12-8-5-9-13-28/h4-23H,2-3,24H2,1H3/b15-14+. The number of hydrogen-bond donors (Lipinski definition) is 0. The molecule has 0 heterocycles. The van der Waals surface area contributed by atoms with Gasteiger partial charge < -0.3 is 9.64 Å². The summed E-state index contributed by atoms with van der Waals surface area (Å²) in [6, 6.07) is 37.8. The van der Waals surface area contributed by atoms with E-state index in [-0.39, 0.29) is 0 Å². The third-order valence-corrected chi connectivity index (χ3v) is 5.30. The Morgan fingerprint density at radius 3 is 1.56 bits per heavy atom. The average Bonchev–Trinajstić information content (AvgIpc) is 2.86. The predicted molar refractivity (Wildman–Crippen MR) is 137 cm³/mol. The van der Waals surface area contributed by atoms with Crippen LogP contribution in [0.3, 0.4) is 0 Å². The molecule has 0 aliphatic heterocycles. The lowest BCUT2D eigenvalue weighted by Crippen LogP contribution is -2.09. The Hall–Kier alpha value is -3.78. The SMILES string of the molecule is CCCCOc1ccc(/C=C/c2ccc(N(c3ccccc3)c3ccccc3)cc2)cc1. The zero-order valence-electron chi connectivity index (χ0n) is 18.5. The van der Waals surface area contributed by atoms with E-state index in [1.165, 1.54) is 0 Å². The van der Waals surface area contributed by atoms with Gasteiger partial charge in [-0.2, -0.15) is 0 Å². The van der Waals surface area contributed by atoms with Crippen molar-refractivity contribution in [3.63, 3.8) is 0 Å². The topological polar surface area (TPSA) is 12.5 Å². The highest BCUT2D eigenvalue weighted by Gasteiger charge is 2.11. The lowest BCUT2D eigenvalue weighted by atomic mass is 10.1. The van der Waals surface area contributed by atoms with Crippen LogP contribution in [0.15, 0.2) is 109 Å². The maximum Gasteiger partial charge on any atom is 0.119 e. The molecule has 4 aromatic rings. The van der Waals surface area contributed by atoms with Gasteiger partial charge in [0.25, 0.3) is 0 Å². The predicted octanol–water partition coefficient (Wildman–Crippen LogP) is 8.51. The van der Waals surface area contributed by atoms with Crippen molar-refractivity contribution in [1.82, 2.24) is 0 Å². The largest absolute Gasteiger partial charge is 0.494 e. The molecule has 4 aromatic carbocycles. The van der Waals surface area contributed by atoms with Gasteiger partial charge in [-0.1, -0.05) is 86.2 Å². The number of hydrogen-bond acceptors (Lipinski definition) is 2. The second-order valence-corrected chi connectivity index (χ2v) is 7.70. The molecule has 0 N–H and O–H groups in total. The number of ether oxygens (including phenoxy) is 1. The van der Waals surface area contributed by atoms with Crippen molar-refractivity contribution in [3.05, 3.63) is 120 Å². The molecule has 0 aliphatic carbocycles. The molecule has 4 rings (SSSR count). The molecular formula is C30H29NO. The first-order valence-electron chi connectivity index (χ1n) is 11.2. The number of unbranched alkanes of at least 4 members (excludes halogenated alkanes) is 1. The van der Waals surface area contributed by atoms with Gasteiger partial charge in [0, 0.05) is 17.1 Å². The molecular weight excluding hydrogens is 390 g/mol. The lowest BCUT2D eigenvalue weighted by Gasteiger charge is -2.25. The Balaban J connectivity index is 1.49. The number of rotatable bonds is 9. The van der Waals surface area contributed by atoms with Gasteiger partial charge in [0.15, 0.2) is 0 Å². The molecule has 0 unspecified atom stereocenters. The zero-order valence-corrected chi connectivity index (χ0v) is 18.5. The number of para-hydroxylation sites is 2. The smallest absolute Gasteiger partial charge is 0.119 e. The van der Waals surface area contributed by atoms with Crippen LogP contribution in [0.4, 0.5) is 17.1 Å². The highest BCUT2D eigenvalue weighted by Crippen LogP contribution is 2.34. The molecule has 0 aliphatic rings. The molecule has 0 saturated carbocycles. The minimum atomic E-state index is 0.779. The molecule has 0 atom stereocenters. The van der Waals surface area contributed by atoms with Gasteiger partial charge in [0.1, 0.15) is 5.75 Å². The summed E-state index contributed by atoms with van der Waals surface area (Å²) in [4.78, 5) is 2.27. The highest BCUT2D eigenvalue weighted by molar-refractivity contribution is 5.78. The molecule has 160 valence electrons. The van der Waals surface area contributed by atoms with Crippen molar-refractivity contribution in [1.29, 1.82) is 0 Å². The van der Waals surface area contributed by atoms with E-state index < -0.39 is 0 Å². The van der Waals surface area contributed by atoms with Gasteiger partial charge in [-0.25, -0.2) is 0 Å². The fraction of sp³-hybridized carbons (Fsp3) is 0.133. The van der Waals surface area contributed by atoms with Gasteiger partial charge in [-0.15, -0.1) is 0 Å². The Morgan fingerprint density at radius 2 is 1.06 bits per heavy atom. The van der Waals surface area contributed by atoms with Crippen LogP contribution in [0.2, 0.25) is 0 Å². The third-order valence-electron chi connectivity index (χ3n) is 5.30. The van der Waals surface area contributed by atoms with E-state index in [0.717, 1.165) is 53.4 Å². The van der Waals surface area contributed by atoms with Crippen LogP contribution in [0.25, 0.3) is 12.2 Å². The van der Waals surface area contributed by atoms with Crippen molar-refractivity contribution in [3.8, 4) is 5.75 Å². The number of nitrogens with zero attached hydrogens (tertiary/aromatic N) is 1. The maximum absolute atomic E-state index is 5.74. The van der Waals surface area contributed by atoms with Crippen molar-refractivity contribution in [2.45, 2.75) is 19.8 Å². The molecule has 0 radical (unpaired) electrons. The summed E-state index contributed by atoms with van der Waals surface area (Å²) in [5.74, 6) is 0.932. The molecule has 0 bridgehead atoms. The van der Waals surface area contributed by atoms with Crippen LogP contribution in [-0.2, 0) is 0 Å². The summed E-state index contributed by atoms with van der Waals surface area (Å²) in [5, 5.41) is 0. The summed E-state index contributed by atoms with van der Waals surface area (Å²) >= 11 is 0. The summed E-state index contributed by atoms with van der Waals surface area (Å²) in [6.07, 6.45) is 6.51. The van der Waals surface area contributed by atoms with Gasteiger partial charge in [-0.3, -0.25) is 0 Å². The van der Waals surface area contributed by atoms with E-state index in [1.807, 2.05) is 24.3 Å². The first kappa shape index (κ1) is 21.5. The zero-order chi connectivity index (χ0) is 22.0. The fourth-order valence-electron chi connectivity index (χ4n) is 3.54. The summed E-state index contributed by atoms with van der Waals surface area (Å²) in [5.41, 5.74) is 5.74. The Kier molecular flexibility index (Phi) is 7.38. The summed E-state index contributed by atoms with van der Waals surface area (Å²) in [7, 11) is 0. The van der Waals surface area contributed by atoms with E-state index in [0.29, 0.717) is 0 Å². The minimum Gasteiger partial charge on any atom is -0.494 e. The highest BCUT2D eigenvalue weighted by atomic mass is 16.5. The number of benzene rings is 4. The van der Waals surface area contributed by atoms with E-state index in [4.69, 9.17) is 4.74 Å². The van der Waals surface area contributed by atoms with E-state index in [2.05, 4.69) is 109 Å². The van der Waals surface area contributed by atoms with Crippen LogP contribution in [0.1, 0.15) is 30.9 Å². The monoisotopic (exact) mass is 419 g/mol. The second-order valence-electron chi connectivity index (χ2n) is 7.70. The van der Waals surface area contributed by atoms with Gasteiger partial charge in [-0.05, 0) is 66.1 Å². The molecule has 32 heavy (non-hydrogen) atoms. The molecule has 0 spiro atoms. The molecule has 0 saturated heterocycles. The van der Waals surface area contributed by atoms with Crippen LogP contribution in [0, 0.1) is 0 Å². The number of anilines is 3. The first-order chi connectivity index (χ1) is 15.8. The van der Waals surface area contributed by atoms with Gasteiger partial charge >= 0.3 is 0 Å². The van der Waals surface area contributed by atoms with Crippen molar-refractivity contribution >= 4 is 29.2 Å². The van der Waals surface area contributed by atoms with Crippen LogP contribution >= 0.6 is 0 Å². The third kappa shape index (κ3) is 5.67. The van der Waals surface area contributed by atoms with Crippen LogP contribution in [-0.4, -0.2) is 6.61 Å². The van der Waals surface area contributed by atoms with E-state index in [9.17, 15) is 0 Å². The minimum absolute atomic E-state index is 0.779. The fourth-order valence-corrected chi connectivity index (χ4v) is 3.54. The van der Waals surface area contributed by atoms with Crippen LogP contribution in [0.5, 0.6) is 5.75 Å². The lowest BCUT2D eigenvalue weighted by molar-refractivity contribution is 0.309. The Morgan fingerprint density at radius 1 is 0.594 bits per heavy atom. The molecule has 0 fully saturated rings. The van der Waals surface area contributed by atoms with Gasteiger partial charge in [0.2, 0.25) is 0 Å². The van der Waals surface area contributed by atoms with E-state index >= 15 is 0 Å². The van der Waals surface area contributed by atoms with Crippen molar-refractivity contribution < 1.29 is 4.74 Å². The average molecular weight is 420 g/mol. The van der Waals surface area contributed by atoms with Crippen LogP contribution < -0.4 is 9.64 Å². The first-order valence-corrected chi connectivity index (χ1v) is 11.2. The van der Waals surface area contributed by atoms with Crippen molar-refractivity contribution in [2.75, 3.05) is 11.5 Å². The second kappa shape index (κ2) is 11.0. The van der Waals surface area contributed by atoms with Crippen molar-refractivity contribution in [2.24, 2.45) is 0 Å². The molecule has 0 amide bonds. The molecule has 2 heteroatoms. The normalized spacial score (nSPS) is 10.9. The molecule has 2 nitrogen and oxygen atoms in total. The maximum atomic E-state index is 5.74. The quantitative estimate of drug-likeness (QED) is 0.199. The molecule has 0 aromatic heterocycles. The van der Waals surface area contributed by atoms with Gasteiger partial charge in [0.05, 0.1) is 6.61 Å². The Labute approximate surface area is 191 Å². The summed E-state index contributed by atoms with van der Waals surface area (Å²) < 4.78 is 5.74. The summed E-state index contributed by atoms with van der Waals surface area (Å²) in [6.45, 7) is 2.95.